The molecule has 0 aromatic heterocycles. The lowest BCUT2D eigenvalue weighted by molar-refractivity contribution is -0.140. The van der Waals surface area contributed by atoms with Gasteiger partial charge in [-0.05, 0) is 5.92 Å². The third-order valence-electron chi connectivity index (χ3n) is 2.43. The van der Waals surface area contributed by atoms with Gasteiger partial charge in [-0.25, -0.2) is 9.65 Å². The minimum atomic E-state index is -4.34. The van der Waals surface area contributed by atoms with E-state index in [1.807, 2.05) is 5.09 Å². The third kappa shape index (κ3) is 6.44. The molecule has 0 aromatic carbocycles. The zero-order valence-electron chi connectivity index (χ0n) is 10.3. The monoisotopic (exact) mass is 285 g/mol. The summed E-state index contributed by atoms with van der Waals surface area (Å²) in [5.41, 5.74) is 0. The zero-order chi connectivity index (χ0) is 14.3. The van der Waals surface area contributed by atoms with E-state index < -0.39 is 39.1 Å². The van der Waals surface area contributed by atoms with Crippen molar-refractivity contribution in [2.45, 2.75) is 32.4 Å². The van der Waals surface area contributed by atoms with E-state index in [9.17, 15) is 14.3 Å². The fraction of sp³-hybridized carbons (Fsp3) is 0.889. The molecule has 18 heavy (non-hydrogen) atoms. The van der Waals surface area contributed by atoms with E-state index in [0.29, 0.717) is 6.42 Å². The first-order valence-electron chi connectivity index (χ1n) is 5.50. The lowest BCUT2D eigenvalue weighted by atomic mass is 10.0. The Hall–Kier alpha value is -0.500. The van der Waals surface area contributed by atoms with Crippen LogP contribution in [0.4, 0.5) is 0 Å². The first kappa shape index (κ1) is 17.5. The van der Waals surface area contributed by atoms with Crippen LogP contribution in [0.2, 0.25) is 0 Å². The number of carbonyl (C=O) groups is 1. The molecule has 0 fully saturated rings. The summed E-state index contributed by atoms with van der Waals surface area (Å²) < 4.78 is 16.0. The van der Waals surface area contributed by atoms with Gasteiger partial charge in [0.05, 0.1) is 13.2 Å². The van der Waals surface area contributed by atoms with E-state index in [2.05, 4.69) is 4.52 Å². The molecule has 4 atom stereocenters. The number of carboxylic acids is 1. The van der Waals surface area contributed by atoms with E-state index >= 15 is 0 Å². The Morgan fingerprint density at radius 3 is 2.44 bits per heavy atom. The maximum atomic E-state index is 11.5. The van der Waals surface area contributed by atoms with Crippen molar-refractivity contribution in [3.63, 3.8) is 0 Å². The molecule has 0 bridgehead atoms. The van der Waals surface area contributed by atoms with Gasteiger partial charge in [-0.2, -0.15) is 0 Å². The van der Waals surface area contributed by atoms with Gasteiger partial charge >= 0.3 is 13.7 Å². The highest BCUT2D eigenvalue weighted by Crippen LogP contribution is 2.38. The highest BCUT2D eigenvalue weighted by atomic mass is 31.2. The van der Waals surface area contributed by atoms with Crippen molar-refractivity contribution >= 4 is 13.7 Å². The highest BCUT2D eigenvalue weighted by Gasteiger charge is 2.32. The second kappa shape index (κ2) is 7.83. The number of rotatable bonds is 9. The van der Waals surface area contributed by atoms with Crippen LogP contribution in [0, 0.1) is 5.92 Å². The van der Waals surface area contributed by atoms with Crippen molar-refractivity contribution in [1.29, 1.82) is 0 Å². The lowest BCUT2D eigenvalue weighted by Crippen LogP contribution is -2.40. The Labute approximate surface area is 105 Å². The minimum Gasteiger partial charge on any atom is -0.480 e. The predicted molar refractivity (Wildman–Crippen MR) is 62.9 cm³/mol. The van der Waals surface area contributed by atoms with Gasteiger partial charge < -0.3 is 20.2 Å². The van der Waals surface area contributed by atoms with Gasteiger partial charge in [0.15, 0.2) is 0 Å². The first-order valence-corrected chi connectivity index (χ1v) is 7.08. The number of aliphatic hydroxyl groups is 2. The zero-order valence-corrected chi connectivity index (χ0v) is 11.2. The Kier molecular flexibility index (Phi) is 7.61. The molecule has 0 aliphatic carbocycles. The quantitative estimate of drug-likeness (QED) is 0.359. The molecule has 0 unspecified atom stereocenters. The summed E-state index contributed by atoms with van der Waals surface area (Å²) in [7, 11) is -4.34. The molecule has 0 heterocycles. The molecule has 0 saturated carbocycles. The van der Waals surface area contributed by atoms with Crippen molar-refractivity contribution in [1.82, 2.24) is 5.09 Å². The van der Waals surface area contributed by atoms with Crippen LogP contribution in [0.3, 0.4) is 0 Å². The summed E-state index contributed by atoms with van der Waals surface area (Å²) in [6, 6.07) is -1.22. The summed E-state index contributed by atoms with van der Waals surface area (Å²) in [5, 5.41) is 28.4. The second-order valence-electron chi connectivity index (χ2n) is 3.98. The Balaban J connectivity index is 4.51. The number of hydrogen-bond donors (Lipinski definition) is 5. The van der Waals surface area contributed by atoms with E-state index in [1.54, 1.807) is 13.8 Å². The summed E-state index contributed by atoms with van der Waals surface area (Å²) >= 11 is 0. The van der Waals surface area contributed by atoms with Crippen LogP contribution in [-0.4, -0.2) is 51.5 Å². The molecule has 8 nitrogen and oxygen atoms in total. The van der Waals surface area contributed by atoms with Gasteiger partial charge in [0.1, 0.15) is 12.1 Å². The smallest absolute Gasteiger partial charge is 0.403 e. The van der Waals surface area contributed by atoms with E-state index in [1.165, 1.54) is 0 Å². The predicted octanol–water partition coefficient (Wildman–Crippen LogP) is -0.455. The van der Waals surface area contributed by atoms with Gasteiger partial charge in [-0.3, -0.25) is 9.32 Å². The molecule has 0 amide bonds. The first-order chi connectivity index (χ1) is 8.23. The summed E-state index contributed by atoms with van der Waals surface area (Å²) in [6.45, 7) is 2.19. The Bertz CT molecular complexity index is 311. The fourth-order valence-electron chi connectivity index (χ4n) is 1.11. The highest BCUT2D eigenvalue weighted by molar-refractivity contribution is 7.50. The molecular formula is C9H20NO7P. The van der Waals surface area contributed by atoms with Crippen molar-refractivity contribution in [2.24, 2.45) is 5.92 Å². The van der Waals surface area contributed by atoms with Crippen LogP contribution in [0.15, 0.2) is 0 Å². The maximum Gasteiger partial charge on any atom is 0.403 e. The van der Waals surface area contributed by atoms with Crippen LogP contribution < -0.4 is 5.09 Å². The molecular weight excluding hydrogens is 265 g/mol. The average molecular weight is 285 g/mol. The lowest BCUT2D eigenvalue weighted by Gasteiger charge is -2.23. The molecule has 5 N–H and O–H groups in total. The maximum absolute atomic E-state index is 11.5. The molecule has 0 aromatic rings. The average Bonchev–Trinajstić information content (AvgIpc) is 2.31. The number of hydrogen-bond acceptors (Lipinski definition) is 5. The number of aliphatic carboxylic acids is 1. The second-order valence-corrected chi connectivity index (χ2v) is 5.54. The van der Waals surface area contributed by atoms with Crippen LogP contribution in [0.25, 0.3) is 0 Å². The summed E-state index contributed by atoms with van der Waals surface area (Å²) in [5.74, 6) is -1.63. The van der Waals surface area contributed by atoms with Gasteiger partial charge in [0.2, 0.25) is 0 Å². The molecule has 0 aliphatic heterocycles. The Morgan fingerprint density at radius 1 is 1.50 bits per heavy atom. The number of carboxylic acid groups (broad SMARTS) is 1. The molecule has 0 radical (unpaired) electrons. The molecule has 108 valence electrons. The Morgan fingerprint density at radius 2 is 2.06 bits per heavy atom. The standard InChI is InChI=1S/C9H20NO7P/c1-3-6(2)8(9(13)14)10-18(15,16)17-5-7(12)4-11/h6-8,11-12H,3-5H2,1-2H3,(H,13,14)(H2,10,15,16)/t6-,7-,8-/m0/s1. The van der Waals surface area contributed by atoms with Crippen LogP contribution in [0.5, 0.6) is 0 Å². The van der Waals surface area contributed by atoms with E-state index in [4.69, 9.17) is 15.3 Å². The van der Waals surface area contributed by atoms with Crippen LogP contribution >= 0.6 is 7.75 Å². The summed E-state index contributed by atoms with van der Waals surface area (Å²) in [6.07, 6.45) is -0.789. The number of aliphatic hydroxyl groups excluding tert-OH is 2. The van der Waals surface area contributed by atoms with Crippen LogP contribution in [-0.2, 0) is 13.9 Å². The van der Waals surface area contributed by atoms with E-state index in [-0.39, 0.29) is 5.92 Å². The van der Waals surface area contributed by atoms with Gasteiger partial charge in [-0.15, -0.1) is 0 Å². The molecule has 0 aliphatic rings. The summed E-state index contributed by atoms with van der Waals surface area (Å²) in [4.78, 5) is 20.3. The fourth-order valence-corrected chi connectivity index (χ4v) is 2.28. The largest absolute Gasteiger partial charge is 0.480 e. The van der Waals surface area contributed by atoms with E-state index in [0.717, 1.165) is 0 Å². The number of nitrogens with one attached hydrogen (secondary N) is 1. The molecule has 9 heteroatoms. The van der Waals surface area contributed by atoms with Crippen molar-refractivity contribution in [3.8, 4) is 0 Å². The molecule has 0 spiro atoms. The molecule has 0 saturated heterocycles. The van der Waals surface area contributed by atoms with Crippen molar-refractivity contribution in [2.75, 3.05) is 13.2 Å². The van der Waals surface area contributed by atoms with Crippen molar-refractivity contribution in [3.05, 3.63) is 0 Å². The van der Waals surface area contributed by atoms with Crippen molar-refractivity contribution < 1.29 is 34.1 Å². The topological polar surface area (TPSA) is 136 Å². The molecule has 0 rings (SSSR count). The SMILES string of the molecule is CC[C@H](C)[C@H](N[P@](=O)(O)OC[C@@H](O)CO)C(=O)O. The third-order valence-corrected chi connectivity index (χ3v) is 3.54. The van der Waals surface area contributed by atoms with Gasteiger partial charge in [0.25, 0.3) is 0 Å². The minimum absolute atomic E-state index is 0.366. The normalized spacial score (nSPS) is 19.8. The van der Waals surface area contributed by atoms with Gasteiger partial charge in [0, 0.05) is 0 Å². The van der Waals surface area contributed by atoms with Crippen LogP contribution in [0.1, 0.15) is 20.3 Å². The van der Waals surface area contributed by atoms with Gasteiger partial charge in [-0.1, -0.05) is 20.3 Å².